The van der Waals surface area contributed by atoms with Gasteiger partial charge in [0.05, 0.1) is 18.5 Å². The lowest BCUT2D eigenvalue weighted by atomic mass is 10.1. The standard InChI is InChI=1S/C22H23N3O5/c1-13(23-14(2)26)22(28)24-17-11-15(9-10-20(17)29-4)25(3)18-12-21(27)30-19-8-6-5-7-16(18)19/h5-13H,1-4H3,(H,23,26)(H,24,28). The average molecular weight is 409 g/mol. The number of para-hydroxylation sites is 1. The zero-order chi connectivity index (χ0) is 21.8. The molecule has 1 atom stereocenters. The smallest absolute Gasteiger partial charge is 0.338 e. The Morgan fingerprint density at radius 1 is 1.13 bits per heavy atom. The first kappa shape index (κ1) is 20.9. The van der Waals surface area contributed by atoms with Gasteiger partial charge in [-0.05, 0) is 37.3 Å². The Labute approximate surface area is 173 Å². The highest BCUT2D eigenvalue weighted by Crippen LogP contribution is 2.34. The SMILES string of the molecule is COc1ccc(N(C)c2cc(=O)oc3ccccc23)cc1NC(=O)C(C)NC(C)=O. The van der Waals surface area contributed by atoms with E-state index in [2.05, 4.69) is 10.6 Å². The number of anilines is 3. The van der Waals surface area contributed by atoms with Gasteiger partial charge in [0.2, 0.25) is 11.8 Å². The monoisotopic (exact) mass is 409 g/mol. The van der Waals surface area contributed by atoms with Crippen LogP contribution in [0.15, 0.2) is 57.7 Å². The molecule has 0 radical (unpaired) electrons. The number of hydrogen-bond acceptors (Lipinski definition) is 6. The fourth-order valence-electron chi connectivity index (χ4n) is 3.12. The van der Waals surface area contributed by atoms with Crippen molar-refractivity contribution in [3.8, 4) is 5.75 Å². The number of benzene rings is 2. The van der Waals surface area contributed by atoms with Gasteiger partial charge in [-0.15, -0.1) is 0 Å². The van der Waals surface area contributed by atoms with Crippen molar-refractivity contribution in [3.63, 3.8) is 0 Å². The van der Waals surface area contributed by atoms with Gasteiger partial charge in [-0.25, -0.2) is 4.79 Å². The van der Waals surface area contributed by atoms with E-state index in [9.17, 15) is 14.4 Å². The Morgan fingerprint density at radius 2 is 1.87 bits per heavy atom. The summed E-state index contributed by atoms with van der Waals surface area (Å²) in [7, 11) is 3.32. The molecule has 1 heterocycles. The third-order valence-corrected chi connectivity index (χ3v) is 4.63. The summed E-state index contributed by atoms with van der Waals surface area (Å²) < 4.78 is 10.6. The zero-order valence-electron chi connectivity index (χ0n) is 17.2. The zero-order valence-corrected chi connectivity index (χ0v) is 17.2. The topological polar surface area (TPSA) is 101 Å². The van der Waals surface area contributed by atoms with Gasteiger partial charge in [-0.3, -0.25) is 9.59 Å². The molecule has 0 saturated heterocycles. The average Bonchev–Trinajstić information content (AvgIpc) is 2.72. The van der Waals surface area contributed by atoms with E-state index in [0.29, 0.717) is 28.4 Å². The van der Waals surface area contributed by atoms with Crippen molar-refractivity contribution in [2.45, 2.75) is 19.9 Å². The van der Waals surface area contributed by atoms with E-state index in [4.69, 9.17) is 9.15 Å². The number of rotatable bonds is 6. The molecule has 2 N–H and O–H groups in total. The number of nitrogens with zero attached hydrogens (tertiary/aromatic N) is 1. The Morgan fingerprint density at radius 3 is 2.57 bits per heavy atom. The van der Waals surface area contributed by atoms with E-state index in [1.807, 2.05) is 30.1 Å². The molecule has 0 aliphatic carbocycles. The van der Waals surface area contributed by atoms with Crippen LogP contribution in [0.4, 0.5) is 17.1 Å². The first-order valence-electron chi connectivity index (χ1n) is 9.32. The lowest BCUT2D eigenvalue weighted by Gasteiger charge is -2.22. The summed E-state index contributed by atoms with van der Waals surface area (Å²) in [4.78, 5) is 37.5. The molecule has 156 valence electrons. The van der Waals surface area contributed by atoms with Gasteiger partial charge in [0, 0.05) is 31.1 Å². The number of ether oxygens (including phenoxy) is 1. The van der Waals surface area contributed by atoms with E-state index in [1.165, 1.54) is 20.1 Å². The normalized spacial score (nSPS) is 11.6. The van der Waals surface area contributed by atoms with Crippen molar-refractivity contribution >= 4 is 39.8 Å². The molecule has 0 saturated carbocycles. The maximum absolute atomic E-state index is 12.4. The van der Waals surface area contributed by atoms with Crippen molar-refractivity contribution in [3.05, 3.63) is 59.0 Å². The second-order valence-electron chi connectivity index (χ2n) is 6.80. The van der Waals surface area contributed by atoms with Crippen molar-refractivity contribution in [1.82, 2.24) is 5.32 Å². The third-order valence-electron chi connectivity index (χ3n) is 4.63. The van der Waals surface area contributed by atoms with Crippen LogP contribution in [-0.2, 0) is 9.59 Å². The number of amides is 2. The number of fused-ring (bicyclic) bond motifs is 1. The minimum Gasteiger partial charge on any atom is -0.495 e. The first-order chi connectivity index (χ1) is 14.3. The van der Waals surface area contributed by atoms with Crippen LogP contribution in [0.3, 0.4) is 0 Å². The molecule has 8 heteroatoms. The molecule has 0 aliphatic rings. The van der Waals surface area contributed by atoms with Gasteiger partial charge < -0.3 is 24.7 Å². The summed E-state index contributed by atoms with van der Waals surface area (Å²) >= 11 is 0. The van der Waals surface area contributed by atoms with Gasteiger partial charge in [-0.2, -0.15) is 0 Å². The quantitative estimate of drug-likeness (QED) is 0.607. The van der Waals surface area contributed by atoms with Crippen LogP contribution in [0, 0.1) is 0 Å². The van der Waals surface area contributed by atoms with Gasteiger partial charge in [0.25, 0.3) is 0 Å². The van der Waals surface area contributed by atoms with E-state index < -0.39 is 11.7 Å². The molecule has 0 spiro atoms. The largest absolute Gasteiger partial charge is 0.495 e. The fourth-order valence-corrected chi connectivity index (χ4v) is 3.12. The van der Waals surface area contributed by atoms with Gasteiger partial charge in [0.15, 0.2) is 0 Å². The second-order valence-corrected chi connectivity index (χ2v) is 6.80. The highest BCUT2D eigenvalue weighted by atomic mass is 16.5. The number of carbonyl (C=O) groups excluding carboxylic acids is 2. The summed E-state index contributed by atoms with van der Waals surface area (Å²) in [6.45, 7) is 2.94. The summed E-state index contributed by atoms with van der Waals surface area (Å²) in [5.41, 5.74) is 1.85. The molecule has 8 nitrogen and oxygen atoms in total. The highest BCUT2D eigenvalue weighted by Gasteiger charge is 2.18. The molecule has 2 aromatic carbocycles. The number of carbonyl (C=O) groups is 2. The predicted octanol–water partition coefficient (Wildman–Crippen LogP) is 3.03. The van der Waals surface area contributed by atoms with Gasteiger partial charge >= 0.3 is 5.63 Å². The van der Waals surface area contributed by atoms with E-state index in [0.717, 1.165) is 5.39 Å². The number of hydrogen-bond donors (Lipinski definition) is 2. The summed E-state index contributed by atoms with van der Waals surface area (Å²) in [6.07, 6.45) is 0. The number of methoxy groups -OCH3 is 1. The van der Waals surface area contributed by atoms with Crippen LogP contribution >= 0.6 is 0 Å². The van der Waals surface area contributed by atoms with Crippen molar-refractivity contribution in [2.24, 2.45) is 0 Å². The lowest BCUT2D eigenvalue weighted by molar-refractivity contribution is -0.124. The summed E-state index contributed by atoms with van der Waals surface area (Å²) in [6, 6.07) is 13.2. The van der Waals surface area contributed by atoms with Crippen LogP contribution in [0.5, 0.6) is 5.75 Å². The minimum atomic E-state index is -0.712. The number of nitrogens with one attached hydrogen (secondary N) is 2. The molecular formula is C22H23N3O5. The minimum absolute atomic E-state index is 0.298. The van der Waals surface area contributed by atoms with Crippen LogP contribution in [-0.4, -0.2) is 32.0 Å². The summed E-state index contributed by atoms with van der Waals surface area (Å²) in [5.74, 6) is -0.213. The van der Waals surface area contributed by atoms with Crippen molar-refractivity contribution in [1.29, 1.82) is 0 Å². The molecule has 30 heavy (non-hydrogen) atoms. The lowest BCUT2D eigenvalue weighted by Crippen LogP contribution is -2.40. The van der Waals surface area contributed by atoms with Crippen LogP contribution in [0.2, 0.25) is 0 Å². The molecule has 0 bridgehead atoms. The maximum Gasteiger partial charge on any atom is 0.338 e. The molecule has 0 fully saturated rings. The molecule has 2 amide bonds. The van der Waals surface area contributed by atoms with E-state index in [1.54, 1.807) is 31.2 Å². The highest BCUT2D eigenvalue weighted by molar-refractivity contribution is 5.98. The third kappa shape index (κ3) is 4.43. The van der Waals surface area contributed by atoms with Crippen LogP contribution in [0.25, 0.3) is 11.0 Å². The van der Waals surface area contributed by atoms with Crippen LogP contribution in [0.1, 0.15) is 13.8 Å². The Hall–Kier alpha value is -3.81. The molecule has 3 aromatic rings. The van der Waals surface area contributed by atoms with Gasteiger partial charge in [-0.1, -0.05) is 12.1 Å². The van der Waals surface area contributed by atoms with Gasteiger partial charge in [0.1, 0.15) is 17.4 Å². The van der Waals surface area contributed by atoms with Crippen molar-refractivity contribution < 1.29 is 18.7 Å². The molecular weight excluding hydrogens is 386 g/mol. The summed E-state index contributed by atoms with van der Waals surface area (Å²) in [5, 5.41) is 6.10. The Bertz CT molecular complexity index is 1150. The second kappa shape index (κ2) is 8.69. The molecule has 3 rings (SSSR count). The Balaban J connectivity index is 1.98. The predicted molar refractivity (Wildman–Crippen MR) is 115 cm³/mol. The van der Waals surface area contributed by atoms with Crippen molar-refractivity contribution in [2.75, 3.05) is 24.4 Å². The van der Waals surface area contributed by atoms with E-state index in [-0.39, 0.29) is 11.8 Å². The Kier molecular flexibility index (Phi) is 6.06. The first-order valence-corrected chi connectivity index (χ1v) is 9.32. The maximum atomic E-state index is 12.4. The van der Waals surface area contributed by atoms with E-state index >= 15 is 0 Å². The molecule has 1 unspecified atom stereocenters. The van der Waals surface area contributed by atoms with Crippen LogP contribution < -0.4 is 25.9 Å². The molecule has 1 aromatic heterocycles. The fraction of sp³-hybridized carbons (Fsp3) is 0.227. The molecule has 0 aliphatic heterocycles.